The topological polar surface area (TPSA) is 88.4 Å². The van der Waals surface area contributed by atoms with Crippen LogP contribution in [0.15, 0.2) is 75.3 Å². The van der Waals surface area contributed by atoms with Gasteiger partial charge in [-0.3, -0.25) is 9.36 Å². The predicted octanol–water partition coefficient (Wildman–Crippen LogP) is 4.02. The van der Waals surface area contributed by atoms with Crippen LogP contribution in [-0.4, -0.2) is 38.5 Å². The second-order valence-electron chi connectivity index (χ2n) is 8.41. The first-order valence-corrected chi connectivity index (χ1v) is 13.8. The first-order valence-electron chi connectivity index (χ1n) is 12.1. The van der Waals surface area contributed by atoms with Crippen molar-refractivity contribution in [2.75, 3.05) is 27.9 Å². The van der Waals surface area contributed by atoms with E-state index in [2.05, 4.69) is 0 Å². The lowest BCUT2D eigenvalue weighted by atomic mass is 9.97. The zero-order valence-corrected chi connectivity index (χ0v) is 23.4. The highest BCUT2D eigenvalue weighted by atomic mass is 32.1. The van der Waals surface area contributed by atoms with Crippen molar-refractivity contribution in [3.8, 4) is 17.2 Å². The van der Waals surface area contributed by atoms with Crippen molar-refractivity contribution in [3.63, 3.8) is 0 Å². The maximum atomic E-state index is 13.9. The summed E-state index contributed by atoms with van der Waals surface area (Å²) in [6.07, 6.45) is 1.76. The Kier molecular flexibility index (Phi) is 7.67. The molecule has 0 N–H and O–H groups in total. The van der Waals surface area contributed by atoms with Crippen LogP contribution >= 0.6 is 22.7 Å². The lowest BCUT2D eigenvalue weighted by molar-refractivity contribution is -0.138. The molecule has 8 nitrogen and oxygen atoms in total. The molecule has 0 bridgehead atoms. The van der Waals surface area contributed by atoms with Crippen LogP contribution in [0, 0.1) is 0 Å². The number of fused-ring (bicyclic) bond motifs is 1. The maximum Gasteiger partial charge on any atom is 0.338 e. The van der Waals surface area contributed by atoms with Gasteiger partial charge in [0.25, 0.3) is 5.56 Å². The fourth-order valence-corrected chi connectivity index (χ4v) is 6.32. The van der Waals surface area contributed by atoms with Gasteiger partial charge in [0.1, 0.15) is 6.04 Å². The third kappa shape index (κ3) is 4.88. The second kappa shape index (κ2) is 11.3. The van der Waals surface area contributed by atoms with Gasteiger partial charge in [-0.1, -0.05) is 47.7 Å². The molecule has 0 fully saturated rings. The molecule has 4 aromatic rings. The highest BCUT2D eigenvalue weighted by Gasteiger charge is 2.35. The van der Waals surface area contributed by atoms with Crippen LogP contribution in [0.2, 0.25) is 0 Å². The average molecular weight is 563 g/mol. The fourth-order valence-electron chi connectivity index (χ4n) is 4.49. The van der Waals surface area contributed by atoms with Gasteiger partial charge in [-0.15, -0.1) is 11.3 Å². The molecule has 1 aliphatic heterocycles. The Morgan fingerprint density at radius 1 is 1.03 bits per heavy atom. The van der Waals surface area contributed by atoms with Crippen molar-refractivity contribution < 1.29 is 23.7 Å². The lowest BCUT2D eigenvalue weighted by Gasteiger charge is -2.24. The largest absolute Gasteiger partial charge is 0.493 e. The predicted molar refractivity (Wildman–Crippen MR) is 151 cm³/mol. The molecule has 0 aliphatic carbocycles. The molecule has 2 aromatic heterocycles. The number of hydrogen-bond donors (Lipinski definition) is 0. The summed E-state index contributed by atoms with van der Waals surface area (Å²) in [5.74, 6) is 0.909. The van der Waals surface area contributed by atoms with Crippen molar-refractivity contribution in [1.29, 1.82) is 0 Å². The molecule has 1 aliphatic rings. The number of thiazole rings is 1. The number of aromatic nitrogens is 1. The number of benzene rings is 2. The minimum atomic E-state index is -0.683. The van der Waals surface area contributed by atoms with Crippen LogP contribution < -0.4 is 29.1 Å². The van der Waals surface area contributed by atoms with E-state index in [-0.39, 0.29) is 12.2 Å². The van der Waals surface area contributed by atoms with Crippen LogP contribution in [0.4, 0.5) is 0 Å². The van der Waals surface area contributed by atoms with Gasteiger partial charge in [-0.05, 0) is 42.1 Å². The Labute approximate surface area is 232 Å². The molecule has 1 atom stereocenters. The van der Waals surface area contributed by atoms with Crippen molar-refractivity contribution in [3.05, 3.63) is 101 Å². The van der Waals surface area contributed by atoms with Crippen molar-refractivity contribution in [2.24, 2.45) is 4.99 Å². The molecule has 0 amide bonds. The quantitative estimate of drug-likeness (QED) is 0.302. The minimum Gasteiger partial charge on any atom is -0.493 e. The number of rotatable bonds is 8. The molecule has 0 saturated heterocycles. The summed E-state index contributed by atoms with van der Waals surface area (Å²) in [5, 5.41) is 1.92. The SMILES string of the molecule is CCOC(=O)C1=C(c2ccccc2)N=c2s/c(=C\c3cc(OC)c(OC)c(OC)c3)c(=O)n2[C@@H]1c1cccs1. The van der Waals surface area contributed by atoms with E-state index >= 15 is 0 Å². The maximum absolute atomic E-state index is 13.9. The molecule has 0 spiro atoms. The summed E-state index contributed by atoms with van der Waals surface area (Å²) in [5.41, 5.74) is 2.02. The lowest BCUT2D eigenvalue weighted by Crippen LogP contribution is -2.39. The zero-order chi connectivity index (χ0) is 27.5. The van der Waals surface area contributed by atoms with Crippen molar-refractivity contribution in [1.82, 2.24) is 4.57 Å². The van der Waals surface area contributed by atoms with E-state index in [1.165, 1.54) is 44.0 Å². The number of methoxy groups -OCH3 is 3. The Bertz CT molecular complexity index is 1690. The van der Waals surface area contributed by atoms with Gasteiger partial charge in [-0.25, -0.2) is 9.79 Å². The van der Waals surface area contributed by atoms with Crippen LogP contribution in [0.5, 0.6) is 17.2 Å². The number of thiophene rings is 1. The van der Waals surface area contributed by atoms with Crippen LogP contribution in [-0.2, 0) is 9.53 Å². The first-order chi connectivity index (χ1) is 19.0. The van der Waals surface area contributed by atoms with E-state index in [0.29, 0.717) is 43.4 Å². The number of nitrogens with zero attached hydrogens (tertiary/aromatic N) is 2. The molecule has 0 saturated carbocycles. The molecule has 39 heavy (non-hydrogen) atoms. The van der Waals surface area contributed by atoms with E-state index in [1.807, 2.05) is 47.8 Å². The molecule has 5 rings (SSSR count). The Morgan fingerprint density at radius 3 is 2.33 bits per heavy atom. The van der Waals surface area contributed by atoms with Gasteiger partial charge in [0.05, 0.1) is 43.7 Å². The van der Waals surface area contributed by atoms with Gasteiger partial charge < -0.3 is 18.9 Å². The van der Waals surface area contributed by atoms with Crippen LogP contribution in [0.3, 0.4) is 0 Å². The molecule has 200 valence electrons. The van der Waals surface area contributed by atoms with E-state index in [1.54, 1.807) is 29.7 Å². The zero-order valence-electron chi connectivity index (χ0n) is 21.8. The third-order valence-electron chi connectivity index (χ3n) is 6.17. The van der Waals surface area contributed by atoms with Gasteiger partial charge in [0, 0.05) is 10.4 Å². The van der Waals surface area contributed by atoms with Gasteiger partial charge in [-0.2, -0.15) is 0 Å². The van der Waals surface area contributed by atoms with Gasteiger partial charge >= 0.3 is 5.97 Å². The average Bonchev–Trinajstić information content (AvgIpc) is 3.60. The molecule has 3 heterocycles. The molecular formula is C29H26N2O6S2. The Morgan fingerprint density at radius 2 is 1.74 bits per heavy atom. The standard InChI is InChI=1S/C29H26N2O6S2/c1-5-37-28(33)23-24(18-10-7-6-8-11-18)30-29-31(25(23)21-12-9-13-38-21)27(32)22(39-29)16-17-14-19(34-2)26(36-4)20(15-17)35-3/h6-16,25H,5H2,1-4H3/b22-16-/t25-/m1/s1. The van der Waals surface area contributed by atoms with E-state index < -0.39 is 12.0 Å². The summed E-state index contributed by atoms with van der Waals surface area (Å²) >= 11 is 2.72. The Balaban J connectivity index is 1.78. The summed E-state index contributed by atoms with van der Waals surface area (Å²) in [6.45, 7) is 1.96. The highest BCUT2D eigenvalue weighted by molar-refractivity contribution is 7.10. The van der Waals surface area contributed by atoms with Gasteiger partial charge in [0.2, 0.25) is 5.75 Å². The summed E-state index contributed by atoms with van der Waals surface area (Å²) in [6, 6.07) is 16.2. The van der Waals surface area contributed by atoms with Gasteiger partial charge in [0.15, 0.2) is 16.3 Å². The van der Waals surface area contributed by atoms with Crippen molar-refractivity contribution >= 4 is 40.4 Å². The number of esters is 1. The summed E-state index contributed by atoms with van der Waals surface area (Å²) in [4.78, 5) is 33.5. The number of carbonyl (C=O) groups is 1. The smallest absolute Gasteiger partial charge is 0.338 e. The minimum absolute atomic E-state index is 0.202. The second-order valence-corrected chi connectivity index (χ2v) is 10.4. The number of hydrogen-bond acceptors (Lipinski definition) is 9. The Hall–Kier alpha value is -4.15. The van der Waals surface area contributed by atoms with E-state index in [4.69, 9.17) is 23.9 Å². The monoisotopic (exact) mass is 562 g/mol. The normalized spacial score (nSPS) is 15.0. The van der Waals surface area contributed by atoms with Crippen LogP contribution in [0.25, 0.3) is 11.8 Å². The molecule has 10 heteroatoms. The molecule has 0 radical (unpaired) electrons. The van der Waals surface area contributed by atoms with Crippen LogP contribution in [0.1, 0.15) is 29.0 Å². The third-order valence-corrected chi connectivity index (χ3v) is 8.08. The summed E-state index contributed by atoms with van der Waals surface area (Å²) in [7, 11) is 4.62. The summed E-state index contributed by atoms with van der Waals surface area (Å²) < 4.78 is 23.9. The fraction of sp³-hybridized carbons (Fsp3) is 0.207. The highest BCUT2D eigenvalue weighted by Crippen LogP contribution is 2.39. The first kappa shape index (κ1) is 26.5. The van der Waals surface area contributed by atoms with Crippen molar-refractivity contribution in [2.45, 2.75) is 13.0 Å². The number of ether oxygens (including phenoxy) is 4. The molecule has 2 aromatic carbocycles. The van der Waals surface area contributed by atoms with E-state index in [9.17, 15) is 9.59 Å². The number of carbonyl (C=O) groups excluding carboxylic acids is 1. The molecular weight excluding hydrogens is 536 g/mol. The van der Waals surface area contributed by atoms with E-state index in [0.717, 1.165) is 10.4 Å². The molecule has 0 unspecified atom stereocenters.